The summed E-state index contributed by atoms with van der Waals surface area (Å²) in [7, 11) is 4.61. The Hall–Kier alpha value is -2.75. The van der Waals surface area contributed by atoms with Crippen molar-refractivity contribution in [1.82, 2.24) is 10.4 Å². The van der Waals surface area contributed by atoms with Crippen LogP contribution in [0.15, 0.2) is 51.2 Å². The average molecular weight is 478 g/mol. The van der Waals surface area contributed by atoms with Crippen LogP contribution >= 0.6 is 34.7 Å². The fourth-order valence-corrected chi connectivity index (χ4v) is 4.34. The number of nitrogens with zero attached hydrogens (tertiary/aromatic N) is 2. The van der Waals surface area contributed by atoms with Crippen LogP contribution in [-0.4, -0.2) is 44.2 Å². The Morgan fingerprint density at radius 3 is 2.45 bits per heavy atom. The van der Waals surface area contributed by atoms with Crippen LogP contribution in [0.2, 0.25) is 5.02 Å². The summed E-state index contributed by atoms with van der Waals surface area (Å²) in [6.45, 7) is 0. The summed E-state index contributed by atoms with van der Waals surface area (Å²) in [5.41, 5.74) is 5.03. The van der Waals surface area contributed by atoms with Gasteiger partial charge in [-0.25, -0.2) is 10.4 Å². The zero-order chi connectivity index (χ0) is 22.2. The lowest BCUT2D eigenvalue weighted by Gasteiger charge is -2.12. The van der Waals surface area contributed by atoms with Gasteiger partial charge < -0.3 is 14.2 Å². The molecule has 1 N–H and O–H groups in total. The molecule has 10 heteroatoms. The van der Waals surface area contributed by atoms with Crippen LogP contribution in [0.1, 0.15) is 5.56 Å². The molecule has 1 heterocycles. The highest BCUT2D eigenvalue weighted by Gasteiger charge is 2.12. The van der Waals surface area contributed by atoms with Gasteiger partial charge in [-0.1, -0.05) is 35.5 Å². The van der Waals surface area contributed by atoms with Crippen molar-refractivity contribution in [2.45, 2.75) is 4.34 Å². The Bertz CT molecular complexity index is 1050. The molecule has 3 aromatic rings. The van der Waals surface area contributed by atoms with Gasteiger partial charge in [-0.15, -0.1) is 11.3 Å². The van der Waals surface area contributed by atoms with Crippen LogP contribution < -0.4 is 19.6 Å². The first-order valence-electron chi connectivity index (χ1n) is 9.00. The number of rotatable bonds is 9. The SMILES string of the molecule is COc1cc(/C=N/NC(=O)CSc2nc(-c3ccc(Cl)cc3)cs2)cc(OC)c1OC. The van der Waals surface area contributed by atoms with Gasteiger partial charge in [0.15, 0.2) is 15.8 Å². The molecule has 0 bridgehead atoms. The van der Waals surface area contributed by atoms with Gasteiger partial charge in [-0.05, 0) is 24.3 Å². The third-order valence-electron chi connectivity index (χ3n) is 4.04. The predicted molar refractivity (Wildman–Crippen MR) is 125 cm³/mol. The van der Waals surface area contributed by atoms with Crippen LogP contribution in [-0.2, 0) is 4.79 Å². The van der Waals surface area contributed by atoms with E-state index in [-0.39, 0.29) is 11.7 Å². The predicted octanol–water partition coefficient (Wildman–Crippen LogP) is 4.73. The molecule has 0 unspecified atom stereocenters. The molecule has 1 amide bonds. The lowest BCUT2D eigenvalue weighted by atomic mass is 10.2. The summed E-state index contributed by atoms with van der Waals surface area (Å²) in [6.07, 6.45) is 1.51. The number of thiazole rings is 1. The smallest absolute Gasteiger partial charge is 0.250 e. The second-order valence-electron chi connectivity index (χ2n) is 6.05. The second kappa shape index (κ2) is 11.0. The summed E-state index contributed by atoms with van der Waals surface area (Å²) in [5, 5.41) is 6.63. The van der Waals surface area contributed by atoms with Crippen LogP contribution in [0.3, 0.4) is 0 Å². The summed E-state index contributed by atoms with van der Waals surface area (Å²) >= 11 is 8.75. The number of halogens is 1. The molecule has 0 aliphatic heterocycles. The molecule has 0 saturated carbocycles. The first-order chi connectivity index (χ1) is 15.0. The van der Waals surface area contributed by atoms with Crippen molar-refractivity contribution in [2.24, 2.45) is 5.10 Å². The first-order valence-corrected chi connectivity index (χ1v) is 11.2. The molecule has 1 aromatic heterocycles. The first kappa shape index (κ1) is 22.9. The standard InChI is InChI=1S/C21H20ClN3O4S2/c1-27-17-8-13(9-18(28-2)20(17)29-3)10-23-25-19(26)12-31-21-24-16(11-30-21)14-4-6-15(22)7-5-14/h4-11H,12H2,1-3H3,(H,25,26)/b23-10+. The molecular weight excluding hydrogens is 458 g/mol. The van der Waals surface area contributed by atoms with Crippen molar-refractivity contribution < 1.29 is 19.0 Å². The summed E-state index contributed by atoms with van der Waals surface area (Å²) in [6, 6.07) is 10.9. The minimum Gasteiger partial charge on any atom is -0.493 e. The van der Waals surface area contributed by atoms with Crippen LogP contribution in [0.25, 0.3) is 11.3 Å². The molecule has 0 aliphatic rings. The summed E-state index contributed by atoms with van der Waals surface area (Å²) in [5.74, 6) is 1.46. The maximum absolute atomic E-state index is 12.1. The molecule has 0 atom stereocenters. The monoisotopic (exact) mass is 477 g/mol. The maximum atomic E-state index is 12.1. The van der Waals surface area contributed by atoms with E-state index in [2.05, 4.69) is 15.5 Å². The van der Waals surface area contributed by atoms with Crippen molar-refractivity contribution in [2.75, 3.05) is 27.1 Å². The Balaban J connectivity index is 1.55. The van der Waals surface area contributed by atoms with E-state index >= 15 is 0 Å². The number of benzene rings is 2. The van der Waals surface area contributed by atoms with Gasteiger partial charge in [-0.3, -0.25) is 4.79 Å². The molecule has 31 heavy (non-hydrogen) atoms. The number of amides is 1. The number of aromatic nitrogens is 1. The van der Waals surface area contributed by atoms with Crippen molar-refractivity contribution in [3.63, 3.8) is 0 Å². The van der Waals surface area contributed by atoms with E-state index in [0.717, 1.165) is 15.6 Å². The molecule has 0 spiro atoms. The number of methoxy groups -OCH3 is 3. The lowest BCUT2D eigenvalue weighted by molar-refractivity contribution is -0.118. The lowest BCUT2D eigenvalue weighted by Crippen LogP contribution is -2.19. The van der Waals surface area contributed by atoms with Crippen LogP contribution in [0, 0.1) is 0 Å². The Morgan fingerprint density at radius 1 is 1.16 bits per heavy atom. The molecule has 0 fully saturated rings. The van der Waals surface area contributed by atoms with Gasteiger partial charge in [0.2, 0.25) is 5.75 Å². The van der Waals surface area contributed by atoms with Crippen molar-refractivity contribution in [3.8, 4) is 28.5 Å². The van der Waals surface area contributed by atoms with E-state index in [9.17, 15) is 4.79 Å². The topological polar surface area (TPSA) is 82.0 Å². The Labute approximate surface area is 193 Å². The quantitative estimate of drug-likeness (QED) is 0.272. The van der Waals surface area contributed by atoms with Gasteiger partial charge in [0.25, 0.3) is 5.91 Å². The number of hydrazone groups is 1. The van der Waals surface area contributed by atoms with E-state index in [4.69, 9.17) is 25.8 Å². The number of hydrogen-bond acceptors (Lipinski definition) is 8. The van der Waals surface area contributed by atoms with Crippen LogP contribution in [0.4, 0.5) is 0 Å². The van der Waals surface area contributed by atoms with E-state index in [1.54, 1.807) is 12.1 Å². The summed E-state index contributed by atoms with van der Waals surface area (Å²) in [4.78, 5) is 16.7. The van der Waals surface area contributed by atoms with E-state index < -0.39 is 0 Å². The Kier molecular flexibility index (Phi) is 8.16. The number of ether oxygens (including phenoxy) is 3. The fourth-order valence-electron chi connectivity index (χ4n) is 2.59. The van der Waals surface area contributed by atoms with Crippen molar-refractivity contribution in [1.29, 1.82) is 0 Å². The molecule has 7 nitrogen and oxygen atoms in total. The number of carbonyl (C=O) groups is 1. The number of thioether (sulfide) groups is 1. The largest absolute Gasteiger partial charge is 0.493 e. The van der Waals surface area contributed by atoms with Gasteiger partial charge in [0.05, 0.1) is 39.0 Å². The molecular formula is C21H20ClN3O4S2. The highest BCUT2D eigenvalue weighted by molar-refractivity contribution is 8.01. The third kappa shape index (κ3) is 6.13. The molecule has 0 aliphatic carbocycles. The van der Waals surface area contributed by atoms with Crippen LogP contribution in [0.5, 0.6) is 17.2 Å². The fraction of sp³-hybridized carbons (Fsp3) is 0.190. The minimum atomic E-state index is -0.239. The molecule has 0 radical (unpaired) electrons. The zero-order valence-electron chi connectivity index (χ0n) is 17.0. The molecule has 2 aromatic carbocycles. The van der Waals surface area contributed by atoms with Gasteiger partial charge >= 0.3 is 0 Å². The normalized spacial score (nSPS) is 10.8. The van der Waals surface area contributed by atoms with Crippen molar-refractivity contribution >= 4 is 46.8 Å². The highest BCUT2D eigenvalue weighted by Crippen LogP contribution is 2.37. The van der Waals surface area contributed by atoms with Gasteiger partial charge in [0.1, 0.15) is 0 Å². The second-order valence-corrected chi connectivity index (χ2v) is 8.56. The number of carbonyl (C=O) groups excluding carboxylic acids is 1. The van der Waals surface area contributed by atoms with E-state index in [1.807, 2.05) is 29.6 Å². The molecule has 162 valence electrons. The van der Waals surface area contributed by atoms with E-state index in [0.29, 0.717) is 27.8 Å². The third-order valence-corrected chi connectivity index (χ3v) is 6.31. The maximum Gasteiger partial charge on any atom is 0.250 e. The number of hydrogen-bond donors (Lipinski definition) is 1. The summed E-state index contributed by atoms with van der Waals surface area (Å²) < 4.78 is 16.7. The van der Waals surface area contributed by atoms with E-state index in [1.165, 1.54) is 50.6 Å². The minimum absolute atomic E-state index is 0.195. The average Bonchev–Trinajstić information content (AvgIpc) is 3.26. The molecule has 3 rings (SSSR count). The van der Waals surface area contributed by atoms with Gasteiger partial charge in [-0.2, -0.15) is 5.10 Å². The van der Waals surface area contributed by atoms with Gasteiger partial charge in [0, 0.05) is 21.5 Å². The highest BCUT2D eigenvalue weighted by atomic mass is 35.5. The Morgan fingerprint density at radius 2 is 1.84 bits per heavy atom. The van der Waals surface area contributed by atoms with Crippen molar-refractivity contribution in [3.05, 3.63) is 52.4 Å². The number of nitrogens with one attached hydrogen (secondary N) is 1. The molecule has 0 saturated heterocycles. The zero-order valence-corrected chi connectivity index (χ0v) is 19.4.